The van der Waals surface area contributed by atoms with Crippen molar-refractivity contribution >= 4 is 23.6 Å². The van der Waals surface area contributed by atoms with E-state index in [1.165, 1.54) is 14.0 Å². The molecular formula is C15H21N3O5. The van der Waals surface area contributed by atoms with Crippen LogP contribution in [0.2, 0.25) is 0 Å². The van der Waals surface area contributed by atoms with Gasteiger partial charge in [-0.25, -0.2) is 4.79 Å². The summed E-state index contributed by atoms with van der Waals surface area (Å²) in [6.45, 7) is 3.38. The summed E-state index contributed by atoms with van der Waals surface area (Å²) in [6, 6.07) is 4.61. The number of esters is 1. The number of ether oxygens (including phenoxy) is 2. The number of carbonyl (C=O) groups is 3. The van der Waals surface area contributed by atoms with E-state index in [-0.39, 0.29) is 13.0 Å². The van der Waals surface area contributed by atoms with Gasteiger partial charge in [0.15, 0.2) is 6.10 Å². The lowest BCUT2D eigenvalue weighted by Crippen LogP contribution is -2.33. The zero-order chi connectivity index (χ0) is 17.4. The molecule has 0 saturated heterocycles. The second-order valence-electron chi connectivity index (χ2n) is 4.87. The lowest BCUT2D eigenvalue weighted by atomic mass is 10.2. The Morgan fingerprint density at radius 2 is 2.00 bits per heavy atom. The molecule has 0 bridgehead atoms. The summed E-state index contributed by atoms with van der Waals surface area (Å²) in [7, 11) is 1.50. The van der Waals surface area contributed by atoms with Crippen molar-refractivity contribution in [2.45, 2.75) is 26.4 Å². The van der Waals surface area contributed by atoms with E-state index in [2.05, 4.69) is 10.6 Å². The summed E-state index contributed by atoms with van der Waals surface area (Å²) in [5, 5.41) is 4.91. The third-order valence-electron chi connectivity index (χ3n) is 2.92. The number of hydrogen-bond acceptors (Lipinski definition) is 5. The van der Waals surface area contributed by atoms with Gasteiger partial charge in [0.25, 0.3) is 5.91 Å². The molecule has 0 aromatic heterocycles. The van der Waals surface area contributed by atoms with E-state index in [1.807, 2.05) is 13.0 Å². The van der Waals surface area contributed by atoms with Crippen LogP contribution in [0, 0.1) is 6.92 Å². The number of rotatable bonds is 7. The number of primary amides is 1. The number of nitrogens with two attached hydrogens (primary N) is 1. The fraction of sp³-hybridized carbons (Fsp3) is 0.400. The molecule has 0 spiro atoms. The maximum absolute atomic E-state index is 12.1. The molecule has 0 aliphatic carbocycles. The Bertz CT molecular complexity index is 588. The SMILES string of the molecule is COc1ccc(C)cc1NC(=O)[C@@H](C)OC(=O)CCNC(N)=O. The van der Waals surface area contributed by atoms with Crippen LogP contribution in [0.5, 0.6) is 5.75 Å². The van der Waals surface area contributed by atoms with Crippen LogP contribution in [0.25, 0.3) is 0 Å². The van der Waals surface area contributed by atoms with E-state index >= 15 is 0 Å². The highest BCUT2D eigenvalue weighted by atomic mass is 16.5. The largest absolute Gasteiger partial charge is 0.495 e. The highest BCUT2D eigenvalue weighted by Crippen LogP contribution is 2.25. The number of hydrogen-bond donors (Lipinski definition) is 3. The first-order valence-corrected chi connectivity index (χ1v) is 7.01. The van der Waals surface area contributed by atoms with Gasteiger partial charge in [0.1, 0.15) is 5.75 Å². The van der Waals surface area contributed by atoms with Gasteiger partial charge in [-0.15, -0.1) is 0 Å². The molecule has 0 fully saturated rings. The molecule has 1 atom stereocenters. The average Bonchev–Trinajstić information content (AvgIpc) is 2.46. The van der Waals surface area contributed by atoms with Gasteiger partial charge in [0.2, 0.25) is 0 Å². The molecule has 0 radical (unpaired) electrons. The van der Waals surface area contributed by atoms with E-state index < -0.39 is 24.0 Å². The van der Waals surface area contributed by atoms with Crippen molar-refractivity contribution in [3.63, 3.8) is 0 Å². The molecule has 126 valence electrons. The summed E-state index contributed by atoms with van der Waals surface area (Å²) in [6.07, 6.45) is -1.06. The first-order valence-electron chi connectivity index (χ1n) is 7.01. The smallest absolute Gasteiger partial charge is 0.312 e. The van der Waals surface area contributed by atoms with Crippen LogP contribution >= 0.6 is 0 Å². The quantitative estimate of drug-likeness (QED) is 0.645. The van der Waals surface area contributed by atoms with Crippen molar-refractivity contribution in [3.05, 3.63) is 23.8 Å². The molecule has 8 nitrogen and oxygen atoms in total. The Kier molecular flexibility index (Phi) is 6.85. The van der Waals surface area contributed by atoms with Crippen LogP contribution < -0.4 is 21.1 Å². The molecule has 0 aliphatic heterocycles. The number of anilines is 1. The summed E-state index contributed by atoms with van der Waals surface area (Å²) in [5.74, 6) is -0.587. The topological polar surface area (TPSA) is 120 Å². The summed E-state index contributed by atoms with van der Waals surface area (Å²) in [4.78, 5) is 34.1. The van der Waals surface area contributed by atoms with Crippen LogP contribution in [0.4, 0.5) is 10.5 Å². The van der Waals surface area contributed by atoms with Crippen LogP contribution in [0.1, 0.15) is 18.9 Å². The minimum Gasteiger partial charge on any atom is -0.495 e. The summed E-state index contributed by atoms with van der Waals surface area (Å²) >= 11 is 0. The molecule has 0 saturated carbocycles. The Labute approximate surface area is 134 Å². The Hall–Kier alpha value is -2.77. The lowest BCUT2D eigenvalue weighted by molar-refractivity contribution is -0.153. The van der Waals surface area contributed by atoms with Gasteiger partial charge in [0.05, 0.1) is 19.2 Å². The number of nitrogens with one attached hydrogen (secondary N) is 2. The van der Waals surface area contributed by atoms with Gasteiger partial charge < -0.3 is 25.8 Å². The molecule has 4 N–H and O–H groups in total. The number of methoxy groups -OCH3 is 1. The monoisotopic (exact) mass is 323 g/mol. The van der Waals surface area contributed by atoms with Crippen molar-refractivity contribution in [1.29, 1.82) is 0 Å². The van der Waals surface area contributed by atoms with Crippen LogP contribution in [-0.2, 0) is 14.3 Å². The zero-order valence-electron chi connectivity index (χ0n) is 13.3. The lowest BCUT2D eigenvalue weighted by Gasteiger charge is -2.15. The van der Waals surface area contributed by atoms with Crippen LogP contribution in [0.3, 0.4) is 0 Å². The Morgan fingerprint density at radius 1 is 1.30 bits per heavy atom. The van der Waals surface area contributed by atoms with Gasteiger partial charge in [-0.05, 0) is 31.5 Å². The third kappa shape index (κ3) is 6.25. The number of amides is 3. The predicted octanol–water partition coefficient (Wildman–Crippen LogP) is 0.932. The van der Waals surface area contributed by atoms with Crippen molar-refractivity contribution < 1.29 is 23.9 Å². The van der Waals surface area contributed by atoms with Gasteiger partial charge in [-0.2, -0.15) is 0 Å². The van der Waals surface area contributed by atoms with Gasteiger partial charge >= 0.3 is 12.0 Å². The predicted molar refractivity (Wildman–Crippen MR) is 84.1 cm³/mol. The molecule has 1 aromatic rings. The number of urea groups is 1. The second-order valence-corrected chi connectivity index (χ2v) is 4.87. The molecule has 0 unspecified atom stereocenters. The van der Waals surface area contributed by atoms with Crippen molar-refractivity contribution in [3.8, 4) is 5.75 Å². The molecule has 1 rings (SSSR count). The van der Waals surface area contributed by atoms with E-state index in [0.29, 0.717) is 11.4 Å². The molecule has 1 aromatic carbocycles. The van der Waals surface area contributed by atoms with Crippen molar-refractivity contribution in [2.24, 2.45) is 5.73 Å². The van der Waals surface area contributed by atoms with Gasteiger partial charge in [-0.3, -0.25) is 9.59 Å². The molecule has 3 amide bonds. The van der Waals surface area contributed by atoms with E-state index in [0.717, 1.165) is 5.56 Å². The van der Waals surface area contributed by atoms with Gasteiger partial charge in [0, 0.05) is 6.54 Å². The highest BCUT2D eigenvalue weighted by Gasteiger charge is 2.19. The normalized spacial score (nSPS) is 11.3. The average molecular weight is 323 g/mol. The number of carbonyl (C=O) groups excluding carboxylic acids is 3. The standard InChI is InChI=1S/C15H21N3O5/c1-9-4-5-12(22-3)11(8-9)18-14(20)10(2)23-13(19)6-7-17-15(16)21/h4-5,8,10H,6-7H2,1-3H3,(H,18,20)(H3,16,17,21)/t10-/m1/s1. The molecule has 0 heterocycles. The van der Waals surface area contributed by atoms with Crippen molar-refractivity contribution in [1.82, 2.24) is 5.32 Å². The van der Waals surface area contributed by atoms with Crippen LogP contribution in [-0.4, -0.2) is 37.7 Å². The zero-order valence-corrected chi connectivity index (χ0v) is 13.3. The molecule has 23 heavy (non-hydrogen) atoms. The Balaban J connectivity index is 2.55. The fourth-order valence-electron chi connectivity index (χ4n) is 1.75. The van der Waals surface area contributed by atoms with Crippen LogP contribution in [0.15, 0.2) is 18.2 Å². The third-order valence-corrected chi connectivity index (χ3v) is 2.92. The second kappa shape index (κ2) is 8.62. The molecule has 0 aliphatic rings. The molecular weight excluding hydrogens is 302 g/mol. The highest BCUT2D eigenvalue weighted by molar-refractivity contribution is 5.96. The maximum Gasteiger partial charge on any atom is 0.312 e. The van der Waals surface area contributed by atoms with Crippen molar-refractivity contribution in [2.75, 3.05) is 19.0 Å². The maximum atomic E-state index is 12.1. The first kappa shape index (κ1) is 18.3. The first-order chi connectivity index (χ1) is 10.8. The number of benzene rings is 1. The van der Waals surface area contributed by atoms with E-state index in [4.69, 9.17) is 15.2 Å². The minimum atomic E-state index is -0.985. The van der Waals surface area contributed by atoms with E-state index in [9.17, 15) is 14.4 Å². The summed E-state index contributed by atoms with van der Waals surface area (Å²) in [5.41, 5.74) is 6.32. The minimum absolute atomic E-state index is 0.0498. The fourth-order valence-corrected chi connectivity index (χ4v) is 1.75. The van der Waals surface area contributed by atoms with Gasteiger partial charge in [-0.1, -0.05) is 6.07 Å². The Morgan fingerprint density at radius 3 is 2.61 bits per heavy atom. The summed E-state index contributed by atoms with van der Waals surface area (Å²) < 4.78 is 10.1. The van der Waals surface area contributed by atoms with E-state index in [1.54, 1.807) is 12.1 Å². The molecule has 8 heteroatoms. The number of aryl methyl sites for hydroxylation is 1.